The van der Waals surface area contributed by atoms with Gasteiger partial charge in [0.2, 0.25) is 0 Å². The maximum absolute atomic E-state index is 5.73. The van der Waals surface area contributed by atoms with Crippen molar-refractivity contribution in [3.8, 4) is 0 Å². The third-order valence-electron chi connectivity index (χ3n) is 1.95. The van der Waals surface area contributed by atoms with E-state index in [0.717, 1.165) is 10.9 Å². The van der Waals surface area contributed by atoms with Gasteiger partial charge in [-0.1, -0.05) is 0 Å². The maximum atomic E-state index is 5.73. The molecule has 59 valence electrons. The molecule has 0 saturated carbocycles. The number of fused-ring (bicyclic) bond motifs is 1. The number of hydrogen-bond acceptors (Lipinski definition) is 2. The van der Waals surface area contributed by atoms with Crippen LogP contribution in [0.2, 0.25) is 0 Å². The van der Waals surface area contributed by atoms with Crippen molar-refractivity contribution in [2.45, 2.75) is 6.92 Å². The van der Waals surface area contributed by atoms with E-state index >= 15 is 0 Å². The number of benzene rings is 1. The minimum Gasteiger partial charge on any atom is -0.397 e. The van der Waals surface area contributed by atoms with Crippen LogP contribution in [0.15, 0.2) is 24.4 Å². The quantitative estimate of drug-likeness (QED) is 0.593. The van der Waals surface area contributed by atoms with Gasteiger partial charge in [-0.25, -0.2) is 0 Å². The Morgan fingerprint density at radius 1 is 1.42 bits per heavy atom. The van der Waals surface area contributed by atoms with E-state index in [1.807, 2.05) is 19.1 Å². The van der Waals surface area contributed by atoms with E-state index < -0.39 is 0 Å². The average Bonchev–Trinajstić information content (AvgIpc) is 2.07. The number of anilines is 1. The summed E-state index contributed by atoms with van der Waals surface area (Å²) < 4.78 is 0. The largest absolute Gasteiger partial charge is 0.397 e. The number of pyridine rings is 1. The molecule has 0 saturated heterocycles. The van der Waals surface area contributed by atoms with Gasteiger partial charge in [0.1, 0.15) is 0 Å². The second-order valence-electron chi connectivity index (χ2n) is 2.80. The summed E-state index contributed by atoms with van der Waals surface area (Å²) in [5, 5.41) is 1.08. The molecule has 2 nitrogen and oxygen atoms in total. The Kier molecular flexibility index (Phi) is 1.47. The number of aromatic nitrogens is 1. The first kappa shape index (κ1) is 7.10. The molecule has 1 aromatic heterocycles. The highest BCUT2D eigenvalue weighted by Gasteiger charge is 1.99. The fourth-order valence-electron chi connectivity index (χ4n) is 1.27. The molecule has 1 radical (unpaired) electrons. The molecule has 1 heterocycles. The molecule has 0 amide bonds. The Morgan fingerprint density at radius 2 is 2.25 bits per heavy atom. The fraction of sp³-hybridized carbons (Fsp3) is 0.100. The zero-order chi connectivity index (χ0) is 8.55. The topological polar surface area (TPSA) is 38.9 Å². The fourth-order valence-corrected chi connectivity index (χ4v) is 1.27. The highest BCUT2D eigenvalue weighted by atomic mass is 14.7. The minimum absolute atomic E-state index is 0.691. The Labute approximate surface area is 71.0 Å². The van der Waals surface area contributed by atoms with Gasteiger partial charge in [-0.15, -0.1) is 0 Å². The molecule has 2 aromatic rings. The van der Waals surface area contributed by atoms with Gasteiger partial charge in [0.05, 0.1) is 11.2 Å². The van der Waals surface area contributed by atoms with Gasteiger partial charge in [-0.2, -0.15) is 0 Å². The van der Waals surface area contributed by atoms with Crippen LogP contribution >= 0.6 is 0 Å². The highest BCUT2D eigenvalue weighted by molar-refractivity contribution is 5.90. The van der Waals surface area contributed by atoms with Crippen LogP contribution in [0.1, 0.15) is 5.56 Å². The smallest absolute Gasteiger partial charge is 0.0934 e. The van der Waals surface area contributed by atoms with E-state index in [1.54, 1.807) is 12.3 Å². The molecule has 0 aliphatic carbocycles. The van der Waals surface area contributed by atoms with Crippen molar-refractivity contribution in [3.05, 3.63) is 36.0 Å². The molecule has 2 heteroatoms. The van der Waals surface area contributed by atoms with Crippen molar-refractivity contribution in [1.29, 1.82) is 0 Å². The summed E-state index contributed by atoms with van der Waals surface area (Å²) in [4.78, 5) is 4.20. The van der Waals surface area contributed by atoms with Crippen LogP contribution in [0.4, 0.5) is 5.69 Å². The summed E-state index contributed by atoms with van der Waals surface area (Å²) in [5.41, 5.74) is 8.48. The summed E-state index contributed by atoms with van der Waals surface area (Å²) in [6.07, 6.45) is 1.77. The summed E-state index contributed by atoms with van der Waals surface area (Å²) in [6, 6.07) is 8.60. The lowest BCUT2D eigenvalue weighted by Gasteiger charge is -2.01. The predicted octanol–water partition coefficient (Wildman–Crippen LogP) is 1.93. The molecule has 0 spiro atoms. The van der Waals surface area contributed by atoms with E-state index in [9.17, 15) is 0 Å². The number of rotatable bonds is 0. The summed E-state index contributed by atoms with van der Waals surface area (Å²) >= 11 is 0. The zero-order valence-corrected chi connectivity index (χ0v) is 6.83. The van der Waals surface area contributed by atoms with Crippen LogP contribution in [0.25, 0.3) is 10.9 Å². The van der Waals surface area contributed by atoms with E-state index in [2.05, 4.69) is 11.1 Å². The van der Waals surface area contributed by atoms with Crippen molar-refractivity contribution in [1.82, 2.24) is 4.98 Å². The molecular formula is C10H9N2. The van der Waals surface area contributed by atoms with Crippen LogP contribution in [0, 0.1) is 13.0 Å². The number of aryl methyl sites for hydroxylation is 1. The van der Waals surface area contributed by atoms with Crippen molar-refractivity contribution >= 4 is 16.6 Å². The van der Waals surface area contributed by atoms with Crippen molar-refractivity contribution in [2.75, 3.05) is 5.73 Å². The van der Waals surface area contributed by atoms with E-state index in [4.69, 9.17) is 5.73 Å². The monoisotopic (exact) mass is 157 g/mol. The molecule has 2 rings (SSSR count). The second kappa shape index (κ2) is 2.48. The molecule has 12 heavy (non-hydrogen) atoms. The number of nitrogens with zero attached hydrogens (tertiary/aromatic N) is 1. The Balaban J connectivity index is 2.94. The first-order valence-electron chi connectivity index (χ1n) is 3.80. The van der Waals surface area contributed by atoms with Crippen LogP contribution in [0.5, 0.6) is 0 Å². The van der Waals surface area contributed by atoms with Gasteiger partial charge in [-0.3, -0.25) is 4.98 Å². The Morgan fingerprint density at radius 3 is 3.00 bits per heavy atom. The van der Waals surface area contributed by atoms with Crippen LogP contribution in [-0.4, -0.2) is 4.98 Å². The minimum atomic E-state index is 0.691. The first-order chi connectivity index (χ1) is 5.79. The molecule has 0 fully saturated rings. The molecule has 0 unspecified atom stereocenters. The SMILES string of the molecule is Cc1ccnc2c(N)c[c]cc12. The van der Waals surface area contributed by atoms with E-state index in [1.165, 1.54) is 5.56 Å². The van der Waals surface area contributed by atoms with Crippen molar-refractivity contribution in [3.63, 3.8) is 0 Å². The lowest BCUT2D eigenvalue weighted by Crippen LogP contribution is -1.90. The number of nitrogens with two attached hydrogens (primary N) is 1. The standard InChI is InChI=1S/C10H9N2/c1-7-5-6-12-10-8(7)3-2-4-9(10)11/h3-6H,11H2,1H3. The number of hydrogen-bond donors (Lipinski definition) is 1. The third kappa shape index (κ3) is 0.925. The molecule has 1 aromatic carbocycles. The van der Waals surface area contributed by atoms with Crippen molar-refractivity contribution < 1.29 is 0 Å². The maximum Gasteiger partial charge on any atom is 0.0934 e. The molecular weight excluding hydrogens is 148 g/mol. The predicted molar refractivity (Wildman–Crippen MR) is 49.7 cm³/mol. The van der Waals surface area contributed by atoms with Gasteiger partial charge < -0.3 is 5.73 Å². The Hall–Kier alpha value is -1.57. The van der Waals surface area contributed by atoms with Crippen molar-refractivity contribution in [2.24, 2.45) is 0 Å². The van der Waals surface area contributed by atoms with Crippen LogP contribution < -0.4 is 5.73 Å². The van der Waals surface area contributed by atoms with Gasteiger partial charge in [0.25, 0.3) is 0 Å². The van der Waals surface area contributed by atoms with Crippen LogP contribution in [-0.2, 0) is 0 Å². The van der Waals surface area contributed by atoms with Gasteiger partial charge in [-0.05, 0) is 36.8 Å². The molecule has 2 N–H and O–H groups in total. The van der Waals surface area contributed by atoms with Crippen LogP contribution in [0.3, 0.4) is 0 Å². The first-order valence-corrected chi connectivity index (χ1v) is 3.80. The normalized spacial score (nSPS) is 10.4. The molecule has 0 aliphatic heterocycles. The third-order valence-corrected chi connectivity index (χ3v) is 1.95. The number of nitrogen functional groups attached to an aromatic ring is 1. The van der Waals surface area contributed by atoms with Gasteiger partial charge >= 0.3 is 0 Å². The zero-order valence-electron chi connectivity index (χ0n) is 6.83. The van der Waals surface area contributed by atoms with Gasteiger partial charge in [0, 0.05) is 11.6 Å². The Bertz CT molecular complexity index is 380. The molecule has 0 atom stereocenters. The second-order valence-corrected chi connectivity index (χ2v) is 2.80. The molecule has 0 aliphatic rings. The van der Waals surface area contributed by atoms with Gasteiger partial charge in [0.15, 0.2) is 0 Å². The summed E-state index contributed by atoms with van der Waals surface area (Å²) in [5.74, 6) is 0. The summed E-state index contributed by atoms with van der Waals surface area (Å²) in [7, 11) is 0. The summed E-state index contributed by atoms with van der Waals surface area (Å²) in [6.45, 7) is 2.04. The van der Waals surface area contributed by atoms with E-state index in [0.29, 0.717) is 5.69 Å². The lowest BCUT2D eigenvalue weighted by molar-refractivity contribution is 1.37. The highest BCUT2D eigenvalue weighted by Crippen LogP contribution is 2.20. The lowest BCUT2D eigenvalue weighted by atomic mass is 10.1. The van der Waals surface area contributed by atoms with E-state index in [-0.39, 0.29) is 0 Å². The molecule has 0 bridgehead atoms. The average molecular weight is 157 g/mol.